The van der Waals surface area contributed by atoms with Crippen LogP contribution in [-0.4, -0.2) is 17.9 Å². The van der Waals surface area contributed by atoms with Crippen molar-refractivity contribution in [1.82, 2.24) is 0 Å². The molecule has 3 nitrogen and oxygen atoms in total. The van der Waals surface area contributed by atoms with Gasteiger partial charge in [0.25, 0.3) is 0 Å². The maximum atomic E-state index is 10.5. The summed E-state index contributed by atoms with van der Waals surface area (Å²) in [4.78, 5) is 20.9. The summed E-state index contributed by atoms with van der Waals surface area (Å²) >= 11 is 0. The maximum Gasteiger partial charge on any atom is 0.306 e. The van der Waals surface area contributed by atoms with E-state index in [9.17, 15) is 9.59 Å². The van der Waals surface area contributed by atoms with Crippen LogP contribution in [0.25, 0.3) is 0 Å². The van der Waals surface area contributed by atoms with Gasteiger partial charge in [0.15, 0.2) is 11.9 Å². The van der Waals surface area contributed by atoms with E-state index in [2.05, 4.69) is 4.74 Å². The van der Waals surface area contributed by atoms with Gasteiger partial charge >= 0.3 is 5.97 Å². The molecule has 1 aliphatic rings. The van der Waals surface area contributed by atoms with Crippen molar-refractivity contribution < 1.29 is 14.3 Å². The molecule has 0 aromatic carbocycles. The Morgan fingerprint density at radius 3 is 2.27 bits per heavy atom. The SMILES string of the molecule is CC.CC(=O)C1CCC(=O)O1. The first-order chi connectivity index (χ1) is 5.20. The van der Waals surface area contributed by atoms with Gasteiger partial charge in [-0.25, -0.2) is 0 Å². The van der Waals surface area contributed by atoms with E-state index in [1.54, 1.807) is 0 Å². The summed E-state index contributed by atoms with van der Waals surface area (Å²) in [7, 11) is 0. The highest BCUT2D eigenvalue weighted by Crippen LogP contribution is 2.13. The van der Waals surface area contributed by atoms with E-state index in [1.807, 2.05) is 13.8 Å². The second-order valence-electron chi connectivity index (χ2n) is 2.13. The molecule has 1 saturated heterocycles. The molecule has 1 aliphatic heterocycles. The second-order valence-corrected chi connectivity index (χ2v) is 2.13. The third-order valence-corrected chi connectivity index (χ3v) is 1.34. The van der Waals surface area contributed by atoms with Crippen molar-refractivity contribution in [2.24, 2.45) is 0 Å². The molecule has 1 fully saturated rings. The molecular weight excluding hydrogens is 144 g/mol. The van der Waals surface area contributed by atoms with Crippen LogP contribution in [0, 0.1) is 0 Å². The Morgan fingerprint density at radius 2 is 2.09 bits per heavy atom. The van der Waals surface area contributed by atoms with Gasteiger partial charge < -0.3 is 4.74 Å². The third kappa shape index (κ3) is 3.16. The molecule has 0 saturated carbocycles. The Hall–Kier alpha value is -0.860. The zero-order valence-electron chi connectivity index (χ0n) is 7.22. The largest absolute Gasteiger partial charge is 0.454 e. The fourth-order valence-corrected chi connectivity index (χ4v) is 0.812. The van der Waals surface area contributed by atoms with Crippen LogP contribution >= 0.6 is 0 Å². The number of cyclic esters (lactones) is 1. The van der Waals surface area contributed by atoms with Gasteiger partial charge in [-0.05, 0) is 6.92 Å². The molecule has 1 atom stereocenters. The summed E-state index contributed by atoms with van der Waals surface area (Å²) < 4.78 is 4.63. The van der Waals surface area contributed by atoms with Crippen molar-refractivity contribution in [1.29, 1.82) is 0 Å². The summed E-state index contributed by atoms with van der Waals surface area (Å²) in [5.74, 6) is -0.309. The molecule has 1 unspecified atom stereocenters. The standard InChI is InChI=1S/C6H8O3.C2H6/c1-4(7)5-2-3-6(8)9-5;1-2/h5H,2-3H2,1H3;1-2H3. The quantitative estimate of drug-likeness (QED) is 0.540. The van der Waals surface area contributed by atoms with E-state index in [1.165, 1.54) is 6.92 Å². The molecule has 0 aliphatic carbocycles. The van der Waals surface area contributed by atoms with Gasteiger partial charge in [0, 0.05) is 12.8 Å². The fourth-order valence-electron chi connectivity index (χ4n) is 0.812. The highest BCUT2D eigenvalue weighted by molar-refractivity contribution is 5.86. The average Bonchev–Trinajstić information content (AvgIpc) is 2.40. The number of carbonyl (C=O) groups is 2. The van der Waals surface area contributed by atoms with E-state index in [-0.39, 0.29) is 11.8 Å². The van der Waals surface area contributed by atoms with Crippen molar-refractivity contribution in [2.75, 3.05) is 0 Å². The van der Waals surface area contributed by atoms with Gasteiger partial charge in [0.05, 0.1) is 0 Å². The lowest BCUT2D eigenvalue weighted by Crippen LogP contribution is -2.16. The minimum Gasteiger partial charge on any atom is -0.454 e. The van der Waals surface area contributed by atoms with Gasteiger partial charge in [-0.15, -0.1) is 0 Å². The Bertz CT molecular complexity index is 151. The smallest absolute Gasteiger partial charge is 0.306 e. The lowest BCUT2D eigenvalue weighted by molar-refractivity contribution is -0.146. The lowest BCUT2D eigenvalue weighted by atomic mass is 10.2. The molecule has 11 heavy (non-hydrogen) atoms. The van der Waals surface area contributed by atoms with E-state index in [4.69, 9.17) is 0 Å². The minimum atomic E-state index is -0.447. The Labute approximate surface area is 66.7 Å². The van der Waals surface area contributed by atoms with Crippen molar-refractivity contribution in [3.63, 3.8) is 0 Å². The number of ether oxygens (including phenoxy) is 1. The van der Waals surface area contributed by atoms with Crippen LogP contribution in [0.2, 0.25) is 0 Å². The fraction of sp³-hybridized carbons (Fsp3) is 0.750. The Kier molecular flexibility index (Phi) is 4.50. The normalized spacial score (nSPS) is 21.7. The third-order valence-electron chi connectivity index (χ3n) is 1.34. The molecule has 1 rings (SSSR count). The van der Waals surface area contributed by atoms with Crippen LogP contribution in [-0.2, 0) is 14.3 Å². The molecule has 0 aromatic rings. The zero-order valence-corrected chi connectivity index (χ0v) is 7.22. The number of esters is 1. The molecule has 0 N–H and O–H groups in total. The Morgan fingerprint density at radius 1 is 1.55 bits per heavy atom. The summed E-state index contributed by atoms with van der Waals surface area (Å²) in [6.45, 7) is 5.43. The van der Waals surface area contributed by atoms with Crippen molar-refractivity contribution in [3.8, 4) is 0 Å². The topological polar surface area (TPSA) is 43.4 Å². The predicted molar refractivity (Wildman–Crippen MR) is 41.1 cm³/mol. The second kappa shape index (κ2) is 4.88. The van der Waals surface area contributed by atoms with Crippen LogP contribution in [0.3, 0.4) is 0 Å². The number of hydrogen-bond acceptors (Lipinski definition) is 3. The molecule has 0 aromatic heterocycles. The summed E-state index contributed by atoms with van der Waals surface area (Å²) in [5, 5.41) is 0. The average molecular weight is 158 g/mol. The Balaban J connectivity index is 0.000000461. The number of carbonyl (C=O) groups excluding carboxylic acids is 2. The monoisotopic (exact) mass is 158 g/mol. The summed E-state index contributed by atoms with van der Waals surface area (Å²) in [6.07, 6.45) is 0.510. The maximum absolute atomic E-state index is 10.5. The molecular formula is C8H14O3. The number of rotatable bonds is 1. The van der Waals surface area contributed by atoms with Gasteiger partial charge in [-0.2, -0.15) is 0 Å². The van der Waals surface area contributed by atoms with E-state index >= 15 is 0 Å². The van der Waals surface area contributed by atoms with Crippen molar-refractivity contribution >= 4 is 11.8 Å². The summed E-state index contributed by atoms with van der Waals surface area (Å²) in [5.41, 5.74) is 0. The first kappa shape index (κ1) is 10.1. The lowest BCUT2D eigenvalue weighted by Gasteiger charge is -2.01. The minimum absolute atomic E-state index is 0.0548. The van der Waals surface area contributed by atoms with Crippen LogP contribution in [0.5, 0.6) is 0 Å². The summed E-state index contributed by atoms with van der Waals surface area (Å²) in [6, 6.07) is 0. The predicted octanol–water partition coefficient (Wildman–Crippen LogP) is 1.31. The number of ketones is 1. The highest BCUT2D eigenvalue weighted by atomic mass is 16.6. The van der Waals surface area contributed by atoms with Crippen molar-refractivity contribution in [3.05, 3.63) is 0 Å². The van der Waals surface area contributed by atoms with Gasteiger partial charge in [-0.1, -0.05) is 13.8 Å². The molecule has 64 valence electrons. The van der Waals surface area contributed by atoms with Gasteiger partial charge in [-0.3, -0.25) is 9.59 Å². The molecule has 1 heterocycles. The zero-order chi connectivity index (χ0) is 8.85. The van der Waals surface area contributed by atoms with Gasteiger partial charge in [0.2, 0.25) is 0 Å². The first-order valence-corrected chi connectivity index (χ1v) is 3.90. The van der Waals surface area contributed by atoms with Crippen LogP contribution < -0.4 is 0 Å². The van der Waals surface area contributed by atoms with E-state index in [0.29, 0.717) is 12.8 Å². The van der Waals surface area contributed by atoms with Crippen molar-refractivity contribution in [2.45, 2.75) is 39.7 Å². The van der Waals surface area contributed by atoms with Crippen LogP contribution in [0.15, 0.2) is 0 Å². The number of hydrogen-bond donors (Lipinski definition) is 0. The van der Waals surface area contributed by atoms with Gasteiger partial charge in [0.1, 0.15) is 0 Å². The molecule has 3 heteroatoms. The molecule has 0 bridgehead atoms. The molecule has 0 amide bonds. The highest BCUT2D eigenvalue weighted by Gasteiger charge is 2.26. The first-order valence-electron chi connectivity index (χ1n) is 3.90. The number of Topliss-reactive ketones (excluding diaryl/α,β-unsaturated/α-hetero) is 1. The van der Waals surface area contributed by atoms with E-state index in [0.717, 1.165) is 0 Å². The van der Waals surface area contributed by atoms with Crippen LogP contribution in [0.4, 0.5) is 0 Å². The van der Waals surface area contributed by atoms with Crippen LogP contribution in [0.1, 0.15) is 33.6 Å². The molecule has 0 radical (unpaired) electrons. The van der Waals surface area contributed by atoms with E-state index < -0.39 is 6.10 Å². The molecule has 0 spiro atoms.